The number of hydrogen-bond acceptors (Lipinski definition) is 9. The monoisotopic (exact) mass is 404 g/mol. The molecule has 2 bridgehead atoms. The molecule has 1 unspecified atom stereocenters. The molecule has 2 aliphatic heterocycles. The zero-order valence-corrected chi connectivity index (χ0v) is 16.8. The number of aromatic amines is 1. The van der Waals surface area contributed by atoms with Gasteiger partial charge in [0.15, 0.2) is 22.8 Å². The fourth-order valence-electron chi connectivity index (χ4n) is 4.75. The van der Waals surface area contributed by atoms with Crippen molar-refractivity contribution in [3.63, 3.8) is 0 Å². The van der Waals surface area contributed by atoms with Crippen molar-refractivity contribution < 1.29 is 0 Å². The summed E-state index contributed by atoms with van der Waals surface area (Å²) in [5.74, 6) is 1.79. The number of aryl methyl sites for hydroxylation is 1. The van der Waals surface area contributed by atoms with Crippen LogP contribution in [0.1, 0.15) is 37.8 Å². The van der Waals surface area contributed by atoms with Crippen molar-refractivity contribution in [3.05, 3.63) is 24.2 Å². The molecule has 0 spiro atoms. The number of fused-ring (bicyclic) bond motifs is 3. The molecule has 0 amide bonds. The molecular weight excluding hydrogens is 380 g/mol. The number of nitrogens with one attached hydrogen (secondary N) is 3. The van der Waals surface area contributed by atoms with Crippen LogP contribution in [0.3, 0.4) is 0 Å². The lowest BCUT2D eigenvalue weighted by molar-refractivity contribution is 0.136. The van der Waals surface area contributed by atoms with E-state index in [0.717, 1.165) is 25.1 Å². The van der Waals surface area contributed by atoms with Crippen LogP contribution in [0, 0.1) is 18.3 Å². The lowest BCUT2D eigenvalue weighted by Crippen LogP contribution is -2.47. The number of rotatable bonds is 6. The van der Waals surface area contributed by atoms with Crippen LogP contribution in [-0.4, -0.2) is 59.7 Å². The normalized spacial score (nSPS) is 23.4. The molecule has 0 saturated carbocycles. The highest BCUT2D eigenvalue weighted by molar-refractivity contribution is 5.83. The van der Waals surface area contributed by atoms with E-state index in [9.17, 15) is 0 Å². The quantitative estimate of drug-likeness (QED) is 0.567. The van der Waals surface area contributed by atoms with Crippen molar-refractivity contribution in [2.45, 2.75) is 57.2 Å². The maximum atomic E-state index is 8.94. The summed E-state index contributed by atoms with van der Waals surface area (Å²) in [7, 11) is 0. The number of hydrogen-bond donors (Lipinski definition) is 3. The second-order valence-corrected chi connectivity index (χ2v) is 8.03. The van der Waals surface area contributed by atoms with Crippen LogP contribution in [0.4, 0.5) is 17.6 Å². The first-order valence-corrected chi connectivity index (χ1v) is 10.4. The Morgan fingerprint density at radius 1 is 1.20 bits per heavy atom. The van der Waals surface area contributed by atoms with Crippen molar-refractivity contribution in [2.75, 3.05) is 17.2 Å². The largest absolute Gasteiger partial charge is 0.365 e. The average Bonchev–Trinajstić information content (AvgIpc) is 3.25. The van der Waals surface area contributed by atoms with E-state index in [1.165, 1.54) is 12.8 Å². The van der Waals surface area contributed by atoms with Crippen LogP contribution in [0.25, 0.3) is 11.2 Å². The Bertz CT molecular complexity index is 1070. The van der Waals surface area contributed by atoms with Gasteiger partial charge in [0, 0.05) is 55.2 Å². The molecule has 5 heterocycles. The zero-order valence-electron chi connectivity index (χ0n) is 16.8. The maximum absolute atomic E-state index is 8.94. The molecule has 30 heavy (non-hydrogen) atoms. The maximum Gasteiger partial charge on any atom is 0.232 e. The van der Waals surface area contributed by atoms with E-state index in [0.29, 0.717) is 53.3 Å². The van der Waals surface area contributed by atoms with E-state index in [-0.39, 0.29) is 0 Å². The SMILES string of the molecule is Cc1cc(Nc2nc(NC3C[C@H]4CC[C@@H](C3)N4CCC#N)c3nccnc3n2)n[nH]1. The van der Waals surface area contributed by atoms with Crippen molar-refractivity contribution in [1.29, 1.82) is 5.26 Å². The van der Waals surface area contributed by atoms with Gasteiger partial charge in [-0.25, -0.2) is 9.97 Å². The highest BCUT2D eigenvalue weighted by atomic mass is 15.3. The minimum atomic E-state index is 0.307. The third-order valence-corrected chi connectivity index (χ3v) is 5.99. The lowest BCUT2D eigenvalue weighted by Gasteiger charge is -2.39. The standard InChI is InChI=1S/C20H24N10/c1-12-9-16(29-28-12)25-20-26-18-17(22-6-7-23-18)19(27-20)24-13-10-14-3-4-15(11-13)30(14)8-2-5-21/h6-7,9,13-15H,2-4,8,10-11H2,1H3,(H3,23,24,25,26,27,28,29)/t13?,14-,15+. The fraction of sp³-hybridized carbons (Fsp3) is 0.500. The Morgan fingerprint density at radius 3 is 2.73 bits per heavy atom. The van der Waals surface area contributed by atoms with Gasteiger partial charge in [0.05, 0.1) is 6.07 Å². The Morgan fingerprint density at radius 2 is 2.00 bits per heavy atom. The number of H-pyrrole nitrogens is 1. The van der Waals surface area contributed by atoms with Crippen molar-refractivity contribution in [1.82, 2.24) is 35.0 Å². The number of anilines is 3. The van der Waals surface area contributed by atoms with E-state index < -0.39 is 0 Å². The number of aromatic nitrogens is 6. The van der Waals surface area contributed by atoms with Gasteiger partial charge >= 0.3 is 0 Å². The number of piperidine rings is 1. The first kappa shape index (κ1) is 18.7. The summed E-state index contributed by atoms with van der Waals surface area (Å²) >= 11 is 0. The molecule has 154 valence electrons. The predicted octanol–water partition coefficient (Wildman–Crippen LogP) is 2.52. The molecule has 3 aromatic rings. The van der Waals surface area contributed by atoms with Gasteiger partial charge in [0.25, 0.3) is 0 Å². The van der Waals surface area contributed by atoms with Gasteiger partial charge in [-0.3, -0.25) is 10.00 Å². The molecule has 2 fully saturated rings. The van der Waals surface area contributed by atoms with E-state index in [1.807, 2.05) is 13.0 Å². The summed E-state index contributed by atoms with van der Waals surface area (Å²) in [5, 5.41) is 22.8. The summed E-state index contributed by atoms with van der Waals surface area (Å²) < 4.78 is 0. The molecule has 3 atom stereocenters. The van der Waals surface area contributed by atoms with Crippen LogP contribution in [0.5, 0.6) is 0 Å². The van der Waals surface area contributed by atoms with E-state index in [2.05, 4.69) is 46.8 Å². The van der Waals surface area contributed by atoms with Crippen LogP contribution in [-0.2, 0) is 0 Å². The van der Waals surface area contributed by atoms with E-state index in [1.54, 1.807) is 12.4 Å². The number of nitrogens with zero attached hydrogens (tertiary/aromatic N) is 7. The highest BCUT2D eigenvalue weighted by Crippen LogP contribution is 2.37. The second kappa shape index (κ2) is 7.84. The molecule has 0 aromatic carbocycles. The van der Waals surface area contributed by atoms with Gasteiger partial charge in [-0.2, -0.15) is 20.3 Å². The Hall–Kier alpha value is -3.32. The van der Waals surface area contributed by atoms with Crippen molar-refractivity contribution in [2.24, 2.45) is 0 Å². The molecule has 5 rings (SSSR count). The van der Waals surface area contributed by atoms with Crippen LogP contribution in [0.15, 0.2) is 18.5 Å². The molecule has 3 aromatic heterocycles. The summed E-state index contributed by atoms with van der Waals surface area (Å²) in [5.41, 5.74) is 2.16. The Kier molecular flexibility index (Phi) is 4.88. The van der Waals surface area contributed by atoms with Crippen LogP contribution in [0.2, 0.25) is 0 Å². The molecular formula is C20H24N10. The van der Waals surface area contributed by atoms with Crippen molar-refractivity contribution in [3.8, 4) is 6.07 Å². The van der Waals surface area contributed by atoms with Crippen molar-refractivity contribution >= 4 is 28.7 Å². The number of nitriles is 1. The minimum Gasteiger partial charge on any atom is -0.365 e. The van der Waals surface area contributed by atoms with Crippen LogP contribution < -0.4 is 10.6 Å². The molecule has 0 radical (unpaired) electrons. The lowest BCUT2D eigenvalue weighted by atomic mass is 9.97. The van der Waals surface area contributed by atoms with Gasteiger partial charge in [0.2, 0.25) is 5.95 Å². The second-order valence-electron chi connectivity index (χ2n) is 8.03. The summed E-state index contributed by atoms with van der Waals surface area (Å²) in [6, 6.07) is 5.53. The Labute approximate surface area is 174 Å². The first-order valence-electron chi connectivity index (χ1n) is 10.4. The van der Waals surface area contributed by atoms with E-state index in [4.69, 9.17) is 10.2 Å². The van der Waals surface area contributed by atoms with Gasteiger partial charge in [-0.15, -0.1) is 0 Å². The third-order valence-electron chi connectivity index (χ3n) is 5.99. The van der Waals surface area contributed by atoms with Gasteiger partial charge in [-0.05, 0) is 32.6 Å². The predicted molar refractivity (Wildman–Crippen MR) is 112 cm³/mol. The highest BCUT2D eigenvalue weighted by Gasteiger charge is 2.40. The summed E-state index contributed by atoms with van der Waals surface area (Å²) in [6.45, 7) is 2.81. The topological polar surface area (TPSA) is 131 Å². The molecule has 0 aliphatic carbocycles. The molecule has 10 nitrogen and oxygen atoms in total. The first-order chi connectivity index (χ1) is 14.7. The van der Waals surface area contributed by atoms with E-state index >= 15 is 0 Å². The molecule has 3 N–H and O–H groups in total. The molecule has 10 heteroatoms. The Balaban J connectivity index is 1.38. The minimum absolute atomic E-state index is 0.307. The van der Waals surface area contributed by atoms with Gasteiger partial charge in [0.1, 0.15) is 0 Å². The zero-order chi connectivity index (χ0) is 20.5. The third kappa shape index (κ3) is 3.64. The fourth-order valence-corrected chi connectivity index (χ4v) is 4.75. The van der Waals surface area contributed by atoms with Gasteiger partial charge in [-0.1, -0.05) is 0 Å². The molecule has 2 aliphatic rings. The molecule has 2 saturated heterocycles. The summed E-state index contributed by atoms with van der Waals surface area (Å²) in [4.78, 5) is 20.5. The van der Waals surface area contributed by atoms with Gasteiger partial charge < -0.3 is 10.6 Å². The smallest absolute Gasteiger partial charge is 0.232 e. The average molecular weight is 404 g/mol. The summed E-state index contributed by atoms with van der Waals surface area (Å²) in [6.07, 6.45) is 8.36. The van der Waals surface area contributed by atoms with Crippen LogP contribution >= 0.6 is 0 Å².